The van der Waals surface area contributed by atoms with Crippen molar-refractivity contribution < 1.29 is 22.6 Å². The molecule has 0 amide bonds. The second-order valence-corrected chi connectivity index (χ2v) is 6.13. The predicted molar refractivity (Wildman–Crippen MR) is 78.4 cm³/mol. The molecule has 22 heavy (non-hydrogen) atoms. The molecule has 1 atom stereocenters. The normalized spacial score (nSPS) is 21.5. The van der Waals surface area contributed by atoms with Crippen LogP contribution in [0.2, 0.25) is 5.02 Å². The lowest BCUT2D eigenvalue weighted by molar-refractivity contribution is -0.180. The van der Waals surface area contributed by atoms with Crippen molar-refractivity contribution in [2.45, 2.75) is 38.0 Å². The molecule has 2 nitrogen and oxygen atoms in total. The van der Waals surface area contributed by atoms with E-state index in [0.29, 0.717) is 28.9 Å². The van der Waals surface area contributed by atoms with Crippen LogP contribution in [0.5, 0.6) is 11.5 Å². The van der Waals surface area contributed by atoms with Crippen molar-refractivity contribution in [3.8, 4) is 11.5 Å². The number of fused-ring (bicyclic) bond motifs is 1. The molecule has 1 aliphatic carbocycles. The Morgan fingerprint density at radius 2 is 1.95 bits per heavy atom. The SMILES string of the molecule is FC(F)(F)C1C=Cc2cc(Cl)c(OCC3CCCC3)cc2O1. The fourth-order valence-electron chi connectivity index (χ4n) is 2.82. The van der Waals surface area contributed by atoms with Crippen molar-refractivity contribution in [3.05, 3.63) is 28.8 Å². The van der Waals surface area contributed by atoms with Gasteiger partial charge in [0.05, 0.1) is 11.6 Å². The Bertz CT molecular complexity index is 577. The van der Waals surface area contributed by atoms with Gasteiger partial charge in [-0.05, 0) is 30.9 Å². The van der Waals surface area contributed by atoms with Crippen LogP contribution in [0.25, 0.3) is 6.08 Å². The zero-order valence-corrected chi connectivity index (χ0v) is 12.6. The lowest BCUT2D eigenvalue weighted by atomic mass is 10.1. The lowest BCUT2D eigenvalue weighted by Gasteiger charge is -2.24. The molecule has 0 aromatic heterocycles. The van der Waals surface area contributed by atoms with Gasteiger partial charge in [-0.1, -0.05) is 30.5 Å². The smallest absolute Gasteiger partial charge is 0.429 e. The molecule has 1 saturated carbocycles. The predicted octanol–water partition coefficient (Wildman–Crippen LogP) is 5.25. The van der Waals surface area contributed by atoms with Crippen molar-refractivity contribution >= 4 is 17.7 Å². The number of hydrogen-bond acceptors (Lipinski definition) is 2. The Morgan fingerprint density at radius 1 is 1.23 bits per heavy atom. The highest BCUT2D eigenvalue weighted by Crippen LogP contribution is 2.39. The summed E-state index contributed by atoms with van der Waals surface area (Å²) < 4.78 is 48.9. The zero-order chi connectivity index (χ0) is 15.7. The molecule has 0 bridgehead atoms. The first kappa shape index (κ1) is 15.5. The minimum Gasteiger partial charge on any atom is -0.492 e. The van der Waals surface area contributed by atoms with E-state index in [1.807, 2.05) is 0 Å². The number of benzene rings is 1. The average molecular weight is 333 g/mol. The van der Waals surface area contributed by atoms with E-state index in [2.05, 4.69) is 0 Å². The molecule has 3 rings (SSSR count). The van der Waals surface area contributed by atoms with Gasteiger partial charge >= 0.3 is 6.18 Å². The van der Waals surface area contributed by atoms with Crippen molar-refractivity contribution in [2.24, 2.45) is 5.92 Å². The first-order valence-corrected chi connectivity index (χ1v) is 7.69. The molecule has 120 valence electrons. The van der Waals surface area contributed by atoms with Crippen LogP contribution in [0.4, 0.5) is 13.2 Å². The van der Waals surface area contributed by atoms with Crippen LogP contribution in [0, 0.1) is 5.92 Å². The number of rotatable bonds is 3. The highest BCUT2D eigenvalue weighted by Gasteiger charge is 2.41. The first-order chi connectivity index (χ1) is 10.4. The molecule has 1 unspecified atom stereocenters. The van der Waals surface area contributed by atoms with Crippen LogP contribution >= 0.6 is 11.6 Å². The second-order valence-electron chi connectivity index (χ2n) is 5.72. The molecular weight excluding hydrogens is 317 g/mol. The van der Waals surface area contributed by atoms with E-state index in [-0.39, 0.29) is 5.75 Å². The molecule has 0 spiro atoms. The second kappa shape index (κ2) is 6.03. The molecule has 1 heterocycles. The summed E-state index contributed by atoms with van der Waals surface area (Å²) in [5, 5.41) is 0.385. The average Bonchev–Trinajstić information content (AvgIpc) is 2.97. The number of alkyl halides is 3. The van der Waals surface area contributed by atoms with Crippen LogP contribution in [0.15, 0.2) is 18.2 Å². The molecule has 6 heteroatoms. The fourth-order valence-corrected chi connectivity index (χ4v) is 3.05. The van der Waals surface area contributed by atoms with Crippen LogP contribution in [-0.2, 0) is 0 Å². The maximum absolute atomic E-state index is 12.7. The molecule has 1 aliphatic heterocycles. The van der Waals surface area contributed by atoms with Gasteiger partial charge in [0.2, 0.25) is 6.10 Å². The summed E-state index contributed by atoms with van der Waals surface area (Å²) in [6, 6.07) is 3.03. The number of ether oxygens (including phenoxy) is 2. The maximum Gasteiger partial charge on any atom is 0.429 e. The van der Waals surface area contributed by atoms with E-state index in [1.165, 1.54) is 25.0 Å². The highest BCUT2D eigenvalue weighted by atomic mass is 35.5. The van der Waals surface area contributed by atoms with E-state index < -0.39 is 12.3 Å². The lowest BCUT2D eigenvalue weighted by Crippen LogP contribution is -2.33. The maximum atomic E-state index is 12.7. The monoisotopic (exact) mass is 332 g/mol. The molecular formula is C16H16ClF3O2. The van der Waals surface area contributed by atoms with Crippen molar-refractivity contribution in [2.75, 3.05) is 6.61 Å². The molecule has 0 radical (unpaired) electrons. The summed E-state index contributed by atoms with van der Waals surface area (Å²) in [6.07, 6.45) is 0.653. The summed E-state index contributed by atoms with van der Waals surface area (Å²) in [5.74, 6) is 1.02. The minimum absolute atomic E-state index is 0.149. The Morgan fingerprint density at radius 3 is 2.64 bits per heavy atom. The van der Waals surface area contributed by atoms with Gasteiger partial charge in [-0.2, -0.15) is 13.2 Å². The molecule has 0 saturated heterocycles. The van der Waals surface area contributed by atoms with Gasteiger partial charge in [0.1, 0.15) is 11.5 Å². The third-order valence-electron chi connectivity index (χ3n) is 4.04. The van der Waals surface area contributed by atoms with Crippen molar-refractivity contribution in [3.63, 3.8) is 0 Å². The molecule has 1 fully saturated rings. The van der Waals surface area contributed by atoms with E-state index in [9.17, 15) is 13.2 Å². The van der Waals surface area contributed by atoms with Gasteiger partial charge in [0, 0.05) is 11.6 Å². The van der Waals surface area contributed by atoms with Gasteiger partial charge in [-0.3, -0.25) is 0 Å². The standard InChI is InChI=1S/C16H16ClF3O2/c17-12-7-11-5-6-15(16(18,19)20)22-13(11)8-14(12)21-9-10-3-1-2-4-10/h5-8,10,15H,1-4,9H2. The summed E-state index contributed by atoms with van der Waals surface area (Å²) >= 11 is 6.14. The minimum atomic E-state index is -4.43. The quantitative estimate of drug-likeness (QED) is 0.753. The van der Waals surface area contributed by atoms with E-state index in [1.54, 1.807) is 6.07 Å². The van der Waals surface area contributed by atoms with E-state index >= 15 is 0 Å². The van der Waals surface area contributed by atoms with Crippen LogP contribution in [0.3, 0.4) is 0 Å². The summed E-state index contributed by atoms with van der Waals surface area (Å²) in [7, 11) is 0. The Hall–Kier alpha value is -1.36. The van der Waals surface area contributed by atoms with Gasteiger partial charge in [0.25, 0.3) is 0 Å². The zero-order valence-electron chi connectivity index (χ0n) is 11.8. The number of halogens is 4. The molecule has 2 aliphatic rings. The number of hydrogen-bond donors (Lipinski definition) is 0. The van der Waals surface area contributed by atoms with Gasteiger partial charge in [0.15, 0.2) is 0 Å². The van der Waals surface area contributed by atoms with Crippen molar-refractivity contribution in [1.29, 1.82) is 0 Å². The molecule has 0 N–H and O–H groups in total. The van der Waals surface area contributed by atoms with Crippen LogP contribution in [-0.4, -0.2) is 18.9 Å². The largest absolute Gasteiger partial charge is 0.492 e. The third-order valence-corrected chi connectivity index (χ3v) is 4.34. The van der Waals surface area contributed by atoms with Gasteiger partial charge < -0.3 is 9.47 Å². The fraction of sp³-hybridized carbons (Fsp3) is 0.500. The Balaban J connectivity index is 1.75. The molecule has 1 aromatic carbocycles. The molecule has 1 aromatic rings. The Kier molecular flexibility index (Phi) is 4.26. The summed E-state index contributed by atoms with van der Waals surface area (Å²) in [5.41, 5.74) is 0.527. The van der Waals surface area contributed by atoms with E-state index in [0.717, 1.165) is 18.9 Å². The van der Waals surface area contributed by atoms with Gasteiger partial charge in [-0.25, -0.2) is 0 Å². The first-order valence-electron chi connectivity index (χ1n) is 7.31. The topological polar surface area (TPSA) is 18.5 Å². The van der Waals surface area contributed by atoms with Crippen molar-refractivity contribution in [1.82, 2.24) is 0 Å². The summed E-state index contributed by atoms with van der Waals surface area (Å²) in [6.45, 7) is 0.539. The summed E-state index contributed by atoms with van der Waals surface area (Å²) in [4.78, 5) is 0. The van der Waals surface area contributed by atoms with E-state index in [4.69, 9.17) is 21.1 Å². The van der Waals surface area contributed by atoms with Crippen LogP contribution in [0.1, 0.15) is 31.2 Å². The van der Waals surface area contributed by atoms with Gasteiger partial charge in [-0.15, -0.1) is 0 Å². The Labute approximate surface area is 131 Å². The third kappa shape index (κ3) is 3.35. The highest BCUT2D eigenvalue weighted by molar-refractivity contribution is 6.32. The van der Waals surface area contributed by atoms with Crippen LogP contribution < -0.4 is 9.47 Å².